The molecular formula is C20H22N2O3S. The second kappa shape index (κ2) is 7.41. The first-order valence-electron chi connectivity index (χ1n) is 8.33. The van der Waals surface area contributed by atoms with Crippen LogP contribution in [-0.2, 0) is 10.2 Å². The van der Waals surface area contributed by atoms with E-state index in [4.69, 9.17) is 9.15 Å². The molecule has 3 aromatic rings. The summed E-state index contributed by atoms with van der Waals surface area (Å²) >= 11 is 1.27. The van der Waals surface area contributed by atoms with Crippen LogP contribution in [0.3, 0.4) is 0 Å². The molecule has 1 N–H and O–H groups in total. The number of oxazole rings is 1. The topological polar surface area (TPSA) is 64.4 Å². The van der Waals surface area contributed by atoms with E-state index in [0.29, 0.717) is 16.7 Å². The molecule has 0 fully saturated rings. The summed E-state index contributed by atoms with van der Waals surface area (Å²) in [6.45, 7) is 6.39. The number of fused-ring (bicyclic) bond motifs is 1. The van der Waals surface area contributed by atoms with Crippen LogP contribution in [0.4, 0.5) is 5.69 Å². The predicted octanol–water partition coefficient (Wildman–Crippen LogP) is 4.86. The van der Waals surface area contributed by atoms with Crippen molar-refractivity contribution in [3.05, 3.63) is 48.0 Å². The number of benzene rings is 2. The van der Waals surface area contributed by atoms with E-state index in [-0.39, 0.29) is 17.1 Å². The van der Waals surface area contributed by atoms with Gasteiger partial charge >= 0.3 is 0 Å². The number of carbonyl (C=O) groups is 1. The van der Waals surface area contributed by atoms with Crippen molar-refractivity contribution in [3.63, 3.8) is 0 Å². The summed E-state index contributed by atoms with van der Waals surface area (Å²) in [5, 5.41) is 3.41. The monoisotopic (exact) mass is 370 g/mol. The number of methoxy groups -OCH3 is 1. The fourth-order valence-electron chi connectivity index (χ4n) is 2.50. The lowest BCUT2D eigenvalue weighted by Crippen LogP contribution is -2.17. The van der Waals surface area contributed by atoms with Gasteiger partial charge in [0, 0.05) is 0 Å². The lowest BCUT2D eigenvalue weighted by Gasteiger charge is -2.21. The van der Waals surface area contributed by atoms with Gasteiger partial charge in [-0.05, 0) is 35.2 Å². The molecule has 0 aliphatic carbocycles. The van der Waals surface area contributed by atoms with Gasteiger partial charge < -0.3 is 14.5 Å². The van der Waals surface area contributed by atoms with Crippen LogP contribution in [-0.4, -0.2) is 23.8 Å². The number of hydrogen-bond acceptors (Lipinski definition) is 5. The zero-order valence-corrected chi connectivity index (χ0v) is 16.1. The van der Waals surface area contributed by atoms with Crippen molar-refractivity contribution >= 4 is 34.5 Å². The van der Waals surface area contributed by atoms with Gasteiger partial charge in [-0.25, -0.2) is 4.98 Å². The molecule has 6 heteroatoms. The smallest absolute Gasteiger partial charge is 0.257 e. The number of carbonyl (C=O) groups excluding carboxylic acids is 1. The van der Waals surface area contributed by atoms with Crippen LogP contribution >= 0.6 is 11.8 Å². The molecule has 0 saturated carbocycles. The van der Waals surface area contributed by atoms with Crippen LogP contribution in [0.15, 0.2) is 52.1 Å². The predicted molar refractivity (Wildman–Crippen MR) is 105 cm³/mol. The summed E-state index contributed by atoms with van der Waals surface area (Å²) < 4.78 is 11.0. The highest BCUT2D eigenvalue weighted by atomic mass is 32.2. The number of thioether (sulfide) groups is 1. The normalized spacial score (nSPS) is 11.5. The third kappa shape index (κ3) is 4.19. The Labute approximate surface area is 157 Å². The number of nitrogens with zero attached hydrogens (tertiary/aromatic N) is 1. The van der Waals surface area contributed by atoms with Crippen LogP contribution in [0.1, 0.15) is 26.3 Å². The maximum atomic E-state index is 12.4. The molecule has 136 valence electrons. The van der Waals surface area contributed by atoms with Gasteiger partial charge in [-0.3, -0.25) is 4.79 Å². The van der Waals surface area contributed by atoms with Crippen LogP contribution < -0.4 is 10.1 Å². The average molecular weight is 370 g/mol. The molecule has 1 heterocycles. The number of rotatable bonds is 5. The third-order valence-electron chi connectivity index (χ3n) is 3.94. The molecule has 3 rings (SSSR count). The summed E-state index contributed by atoms with van der Waals surface area (Å²) in [6, 6.07) is 13.4. The molecule has 0 unspecified atom stereocenters. The molecule has 0 saturated heterocycles. The zero-order chi connectivity index (χ0) is 18.7. The number of ether oxygens (including phenoxy) is 1. The van der Waals surface area contributed by atoms with Gasteiger partial charge in [-0.1, -0.05) is 50.7 Å². The number of amides is 1. The van der Waals surface area contributed by atoms with Crippen molar-refractivity contribution in [2.75, 3.05) is 18.2 Å². The molecule has 2 aromatic carbocycles. The van der Waals surface area contributed by atoms with E-state index < -0.39 is 0 Å². The first-order valence-corrected chi connectivity index (χ1v) is 9.32. The molecule has 0 bridgehead atoms. The minimum absolute atomic E-state index is 0.0152. The van der Waals surface area contributed by atoms with Crippen molar-refractivity contribution in [2.45, 2.75) is 31.4 Å². The van der Waals surface area contributed by atoms with Gasteiger partial charge in [-0.15, -0.1) is 0 Å². The lowest BCUT2D eigenvalue weighted by atomic mass is 9.87. The van der Waals surface area contributed by atoms with E-state index in [1.54, 1.807) is 7.11 Å². The van der Waals surface area contributed by atoms with Gasteiger partial charge in [0.05, 0.1) is 18.6 Å². The molecule has 1 amide bonds. The maximum Gasteiger partial charge on any atom is 0.257 e. The van der Waals surface area contributed by atoms with Crippen LogP contribution in [0, 0.1) is 0 Å². The standard InChI is InChI=1S/C20H22N2O3S/c1-20(2,3)13-9-10-16(24-4)15(11-13)21-18(23)12-26-19-22-14-7-5-6-8-17(14)25-19/h5-11H,12H2,1-4H3,(H,21,23). The Morgan fingerprint density at radius 1 is 1.23 bits per heavy atom. The molecule has 0 spiro atoms. The zero-order valence-electron chi connectivity index (χ0n) is 15.3. The van der Waals surface area contributed by atoms with Gasteiger partial charge in [0.15, 0.2) is 5.58 Å². The largest absolute Gasteiger partial charge is 0.495 e. The first kappa shape index (κ1) is 18.3. The number of hydrogen-bond donors (Lipinski definition) is 1. The van der Waals surface area contributed by atoms with E-state index in [1.165, 1.54) is 11.8 Å². The Balaban J connectivity index is 1.69. The Bertz CT molecular complexity index is 895. The number of anilines is 1. The Kier molecular flexibility index (Phi) is 5.23. The van der Waals surface area contributed by atoms with Crippen molar-refractivity contribution in [1.82, 2.24) is 4.98 Å². The SMILES string of the molecule is COc1ccc(C(C)(C)C)cc1NC(=O)CSc1nc2ccccc2o1. The molecule has 0 aliphatic heterocycles. The van der Waals surface area contributed by atoms with Gasteiger partial charge in [0.2, 0.25) is 5.91 Å². The molecular weight excluding hydrogens is 348 g/mol. The first-order chi connectivity index (χ1) is 12.4. The van der Waals surface area contributed by atoms with Crippen molar-refractivity contribution in [2.24, 2.45) is 0 Å². The molecule has 0 atom stereocenters. The highest BCUT2D eigenvalue weighted by Crippen LogP contribution is 2.31. The van der Waals surface area contributed by atoms with Crippen LogP contribution in [0.2, 0.25) is 0 Å². The second-order valence-electron chi connectivity index (χ2n) is 6.95. The van der Waals surface area contributed by atoms with Crippen molar-refractivity contribution in [1.29, 1.82) is 0 Å². The van der Waals surface area contributed by atoms with Crippen LogP contribution in [0.5, 0.6) is 5.75 Å². The lowest BCUT2D eigenvalue weighted by molar-refractivity contribution is -0.113. The fraction of sp³-hybridized carbons (Fsp3) is 0.300. The molecule has 1 aromatic heterocycles. The van der Waals surface area contributed by atoms with E-state index in [0.717, 1.165) is 16.7 Å². The maximum absolute atomic E-state index is 12.4. The quantitative estimate of drug-likeness (QED) is 0.650. The number of para-hydroxylation sites is 2. The second-order valence-corrected chi connectivity index (χ2v) is 7.88. The van der Waals surface area contributed by atoms with E-state index in [1.807, 2.05) is 42.5 Å². The summed E-state index contributed by atoms with van der Waals surface area (Å²) in [5.41, 5.74) is 3.28. The Morgan fingerprint density at radius 3 is 2.69 bits per heavy atom. The average Bonchev–Trinajstić information content (AvgIpc) is 3.02. The van der Waals surface area contributed by atoms with Gasteiger partial charge in [-0.2, -0.15) is 0 Å². The fourth-order valence-corrected chi connectivity index (χ4v) is 3.14. The molecule has 5 nitrogen and oxygen atoms in total. The molecule has 0 radical (unpaired) electrons. The number of nitrogens with one attached hydrogen (secondary N) is 1. The van der Waals surface area contributed by atoms with Gasteiger partial charge in [0.1, 0.15) is 11.3 Å². The van der Waals surface area contributed by atoms with Gasteiger partial charge in [0.25, 0.3) is 5.22 Å². The summed E-state index contributed by atoms with van der Waals surface area (Å²) in [5.74, 6) is 0.704. The summed E-state index contributed by atoms with van der Waals surface area (Å²) in [4.78, 5) is 16.7. The highest BCUT2D eigenvalue weighted by molar-refractivity contribution is 7.99. The number of aromatic nitrogens is 1. The van der Waals surface area contributed by atoms with Crippen molar-refractivity contribution in [3.8, 4) is 5.75 Å². The Morgan fingerprint density at radius 2 is 2.00 bits per heavy atom. The van der Waals surface area contributed by atoms with E-state index >= 15 is 0 Å². The van der Waals surface area contributed by atoms with E-state index in [9.17, 15) is 4.79 Å². The molecule has 0 aliphatic rings. The third-order valence-corrected chi connectivity index (χ3v) is 4.77. The van der Waals surface area contributed by atoms with Crippen LogP contribution in [0.25, 0.3) is 11.1 Å². The minimum Gasteiger partial charge on any atom is -0.495 e. The molecule has 26 heavy (non-hydrogen) atoms. The summed E-state index contributed by atoms with van der Waals surface area (Å²) in [7, 11) is 1.59. The Hall–Kier alpha value is -2.47. The summed E-state index contributed by atoms with van der Waals surface area (Å²) in [6.07, 6.45) is 0. The minimum atomic E-state index is -0.137. The van der Waals surface area contributed by atoms with E-state index in [2.05, 4.69) is 31.1 Å². The van der Waals surface area contributed by atoms with Crippen molar-refractivity contribution < 1.29 is 13.9 Å². The highest BCUT2D eigenvalue weighted by Gasteiger charge is 2.17.